The Morgan fingerprint density at radius 3 is 2.25 bits per heavy atom. The van der Waals surface area contributed by atoms with E-state index >= 15 is 0 Å². The van der Waals surface area contributed by atoms with E-state index in [2.05, 4.69) is 37.3 Å². The molecule has 0 radical (unpaired) electrons. The first kappa shape index (κ1) is 41.3. The molecule has 3 aliphatic heterocycles. The number of sulfonamides is 1. The number of aliphatic hydroxyl groups excluding tert-OH is 1. The molecule has 60 heavy (non-hydrogen) atoms. The summed E-state index contributed by atoms with van der Waals surface area (Å²) in [5, 5.41) is 15.7. The Labute approximate surface area is 351 Å². The van der Waals surface area contributed by atoms with Gasteiger partial charge in [-0.25, -0.2) is 8.42 Å². The summed E-state index contributed by atoms with van der Waals surface area (Å²) >= 11 is 0. The van der Waals surface area contributed by atoms with E-state index in [1.165, 1.54) is 12.1 Å². The molecule has 5 aromatic carbocycles. The lowest BCUT2D eigenvalue weighted by molar-refractivity contribution is -0.253. The van der Waals surface area contributed by atoms with Gasteiger partial charge >= 0.3 is 0 Å². The number of piperidine rings is 1. The van der Waals surface area contributed by atoms with Crippen LogP contribution in [0.1, 0.15) is 59.5 Å². The smallest absolute Gasteiger partial charge is 0.247 e. The number of hydrogen-bond donors (Lipinski definition) is 4. The highest BCUT2D eigenvalue weighted by Crippen LogP contribution is 2.40. The molecule has 3 heterocycles. The number of nitrogens with one attached hydrogen (secondary N) is 3. The molecule has 12 nitrogen and oxygen atoms in total. The molecule has 3 fully saturated rings. The fourth-order valence-electron chi connectivity index (χ4n) is 8.46. The van der Waals surface area contributed by atoms with Gasteiger partial charge in [-0.05, 0) is 79.3 Å². The normalized spacial score (nSPS) is 21.1. The topological polar surface area (TPSA) is 150 Å². The van der Waals surface area contributed by atoms with Crippen LogP contribution in [0.4, 0.5) is 11.4 Å². The van der Waals surface area contributed by atoms with Crippen LogP contribution in [0.25, 0.3) is 0 Å². The van der Waals surface area contributed by atoms with Crippen LogP contribution < -0.4 is 20.3 Å². The molecule has 1 spiro atoms. The molecule has 312 valence electrons. The summed E-state index contributed by atoms with van der Waals surface area (Å²) in [6.07, 6.45) is 0.752. The minimum atomic E-state index is -4.03. The second kappa shape index (κ2) is 18.1. The lowest BCUT2D eigenvalue weighted by atomic mass is 9.85. The van der Waals surface area contributed by atoms with Crippen LogP contribution in [-0.4, -0.2) is 74.2 Å². The SMILES string of the molecule is Cc1ccc(S(=O)(=O)N[C@H](Cc2ccccc2)C(=O)Nc2cccc(C3O[C@H](CN4CCC5(CC4)C(=O)NCN5c4ccccc4)C[C@H](c4ccc(CO)cc4)O3)c2)cc1. The van der Waals surface area contributed by atoms with Gasteiger partial charge in [0.2, 0.25) is 21.8 Å². The summed E-state index contributed by atoms with van der Waals surface area (Å²) in [5.74, 6) is -0.441. The largest absolute Gasteiger partial charge is 0.392 e. The first-order valence-electron chi connectivity index (χ1n) is 20.5. The maximum atomic E-state index is 14.0. The number of aryl methyl sites for hydroxylation is 1. The molecule has 0 aromatic heterocycles. The van der Waals surface area contributed by atoms with Crippen LogP contribution in [0.3, 0.4) is 0 Å². The first-order valence-corrected chi connectivity index (χ1v) is 21.9. The van der Waals surface area contributed by atoms with Gasteiger partial charge < -0.3 is 35.0 Å². The van der Waals surface area contributed by atoms with Gasteiger partial charge in [-0.1, -0.05) is 103 Å². The highest BCUT2D eigenvalue weighted by Gasteiger charge is 2.50. The summed E-state index contributed by atoms with van der Waals surface area (Å²) in [6.45, 7) is 4.38. The molecule has 4 atom stereocenters. The van der Waals surface area contributed by atoms with Crippen molar-refractivity contribution in [3.63, 3.8) is 0 Å². The van der Waals surface area contributed by atoms with Crippen molar-refractivity contribution in [2.24, 2.45) is 0 Å². The molecular formula is C47H51N5O7S. The number of rotatable bonds is 13. The fourth-order valence-corrected chi connectivity index (χ4v) is 9.66. The summed E-state index contributed by atoms with van der Waals surface area (Å²) in [7, 11) is -4.03. The van der Waals surface area contributed by atoms with E-state index in [9.17, 15) is 23.1 Å². The van der Waals surface area contributed by atoms with Crippen molar-refractivity contribution in [3.8, 4) is 0 Å². The van der Waals surface area contributed by atoms with Crippen LogP contribution in [0.5, 0.6) is 0 Å². The molecule has 8 rings (SSSR count). The lowest BCUT2D eigenvalue weighted by Gasteiger charge is -2.45. The number of amides is 2. The molecule has 0 saturated carbocycles. The van der Waals surface area contributed by atoms with Crippen molar-refractivity contribution in [3.05, 3.63) is 161 Å². The quantitative estimate of drug-likeness (QED) is 0.112. The zero-order valence-electron chi connectivity index (χ0n) is 33.6. The summed E-state index contributed by atoms with van der Waals surface area (Å²) < 4.78 is 43.0. The number of aliphatic hydroxyl groups is 1. The number of carbonyl (C=O) groups is 2. The van der Waals surface area contributed by atoms with E-state index in [-0.39, 0.29) is 36.0 Å². The van der Waals surface area contributed by atoms with Crippen LogP contribution >= 0.6 is 0 Å². The van der Waals surface area contributed by atoms with Crippen molar-refractivity contribution >= 4 is 33.2 Å². The standard InChI is InChI=1S/C47H51N5O7S/c1-33-15-21-41(22-16-33)60(56,57)50-42(27-34-9-4-2-5-10-34)44(54)49-38-12-8-11-37(28-38)45-58-40(29-43(59-45)36-19-17-35(31-53)18-20-36)30-51-25-23-47(24-26-51)46(55)48-32-52(47)39-13-6-3-7-14-39/h2-22,28,40,42-43,45,50,53H,23-27,29-32H2,1H3,(H,48,55)(H,49,54)/t40-,42+,43+,45?/m0/s1. The summed E-state index contributed by atoms with van der Waals surface area (Å²) in [4.78, 5) is 32.0. The summed E-state index contributed by atoms with van der Waals surface area (Å²) in [5.41, 5.74) is 5.06. The number of nitrogens with zero attached hydrogens (tertiary/aromatic N) is 2. The number of para-hydroxylation sites is 1. The number of benzene rings is 5. The zero-order chi connectivity index (χ0) is 41.7. The zero-order valence-corrected chi connectivity index (χ0v) is 34.4. The third-order valence-corrected chi connectivity index (χ3v) is 13.3. The van der Waals surface area contributed by atoms with Gasteiger partial charge in [0.05, 0.1) is 30.4 Å². The third-order valence-electron chi connectivity index (χ3n) is 11.8. The van der Waals surface area contributed by atoms with Crippen LogP contribution in [0.15, 0.2) is 138 Å². The van der Waals surface area contributed by atoms with E-state index in [1.54, 1.807) is 24.3 Å². The van der Waals surface area contributed by atoms with Crippen molar-refractivity contribution < 1.29 is 32.6 Å². The van der Waals surface area contributed by atoms with Crippen molar-refractivity contribution in [1.29, 1.82) is 0 Å². The van der Waals surface area contributed by atoms with E-state index in [0.29, 0.717) is 43.7 Å². The van der Waals surface area contributed by atoms with Gasteiger partial charge in [0.15, 0.2) is 6.29 Å². The molecule has 5 aromatic rings. The fraction of sp³-hybridized carbons (Fsp3) is 0.319. The Morgan fingerprint density at radius 1 is 0.850 bits per heavy atom. The molecule has 0 bridgehead atoms. The molecule has 0 aliphatic carbocycles. The highest BCUT2D eigenvalue weighted by atomic mass is 32.2. The van der Waals surface area contributed by atoms with E-state index in [4.69, 9.17) is 9.47 Å². The van der Waals surface area contributed by atoms with Crippen molar-refractivity contribution in [2.45, 2.75) is 74.2 Å². The highest BCUT2D eigenvalue weighted by molar-refractivity contribution is 7.89. The van der Waals surface area contributed by atoms with E-state index < -0.39 is 33.8 Å². The van der Waals surface area contributed by atoms with Gasteiger partial charge in [0.1, 0.15) is 11.6 Å². The maximum Gasteiger partial charge on any atom is 0.247 e. The van der Waals surface area contributed by atoms with Gasteiger partial charge in [-0.3, -0.25) is 9.59 Å². The average Bonchev–Trinajstić information content (AvgIpc) is 3.59. The second-order valence-electron chi connectivity index (χ2n) is 15.9. The van der Waals surface area contributed by atoms with Crippen molar-refractivity contribution in [1.82, 2.24) is 14.9 Å². The van der Waals surface area contributed by atoms with Crippen molar-refractivity contribution in [2.75, 3.05) is 36.5 Å². The maximum absolute atomic E-state index is 14.0. The molecule has 13 heteroatoms. The minimum absolute atomic E-state index is 0.0611. The average molecular weight is 830 g/mol. The number of anilines is 2. The second-order valence-corrected chi connectivity index (χ2v) is 17.6. The van der Waals surface area contributed by atoms with Crippen LogP contribution in [0.2, 0.25) is 0 Å². The number of likely N-dealkylation sites (tertiary alicyclic amines) is 1. The van der Waals surface area contributed by atoms with Crippen LogP contribution in [0, 0.1) is 6.92 Å². The molecule has 2 amide bonds. The number of ether oxygens (including phenoxy) is 2. The monoisotopic (exact) mass is 829 g/mol. The Balaban J connectivity index is 0.994. The van der Waals surface area contributed by atoms with Crippen LogP contribution in [-0.2, 0) is 42.1 Å². The minimum Gasteiger partial charge on any atom is -0.392 e. The van der Waals surface area contributed by atoms with Gasteiger partial charge in [0, 0.05) is 43.0 Å². The lowest BCUT2D eigenvalue weighted by Crippen LogP contribution is -2.57. The Hall–Kier alpha value is -5.41. The predicted octanol–water partition coefficient (Wildman–Crippen LogP) is 5.99. The molecule has 3 aliphatic rings. The predicted molar refractivity (Wildman–Crippen MR) is 229 cm³/mol. The Kier molecular flexibility index (Phi) is 12.4. The first-order chi connectivity index (χ1) is 29.1. The molecular weight excluding hydrogens is 779 g/mol. The molecule has 3 saturated heterocycles. The number of carbonyl (C=O) groups excluding carboxylic acids is 2. The molecule has 1 unspecified atom stereocenters. The van der Waals surface area contributed by atoms with E-state index in [0.717, 1.165) is 41.0 Å². The molecule has 4 N–H and O–H groups in total. The van der Waals surface area contributed by atoms with Gasteiger partial charge in [0.25, 0.3) is 0 Å². The number of hydrogen-bond acceptors (Lipinski definition) is 9. The van der Waals surface area contributed by atoms with Gasteiger partial charge in [-0.2, -0.15) is 4.72 Å². The Morgan fingerprint density at radius 2 is 1.55 bits per heavy atom. The summed E-state index contributed by atoms with van der Waals surface area (Å²) in [6, 6.07) is 39.7. The van der Waals surface area contributed by atoms with Gasteiger partial charge in [-0.15, -0.1) is 0 Å². The Bertz CT molecular complexity index is 2360. The third kappa shape index (κ3) is 9.31. The van der Waals surface area contributed by atoms with E-state index in [1.807, 2.05) is 91.9 Å².